The van der Waals surface area contributed by atoms with E-state index in [2.05, 4.69) is 21.2 Å². The maximum absolute atomic E-state index is 12.1. The Hall–Kier alpha value is -0.520. The summed E-state index contributed by atoms with van der Waals surface area (Å²) in [5, 5.41) is 2.96. The molecular formula is C14H19BrN2OS. The molecule has 3 N–H and O–H groups in total. The van der Waals surface area contributed by atoms with Gasteiger partial charge in [0, 0.05) is 22.0 Å². The van der Waals surface area contributed by atoms with Gasteiger partial charge in [-0.2, -0.15) is 0 Å². The van der Waals surface area contributed by atoms with Crippen molar-refractivity contribution in [1.29, 1.82) is 0 Å². The molecule has 5 heteroatoms. The lowest BCUT2D eigenvalue weighted by Crippen LogP contribution is -2.44. The van der Waals surface area contributed by atoms with Gasteiger partial charge in [-0.1, -0.05) is 15.9 Å². The molecule has 2 rings (SSSR count). The van der Waals surface area contributed by atoms with Crippen LogP contribution in [-0.4, -0.2) is 23.7 Å². The minimum atomic E-state index is -0.103. The fourth-order valence-corrected chi connectivity index (χ4v) is 3.08. The van der Waals surface area contributed by atoms with E-state index >= 15 is 0 Å². The van der Waals surface area contributed by atoms with Crippen LogP contribution in [0.1, 0.15) is 19.8 Å². The van der Waals surface area contributed by atoms with Crippen molar-refractivity contribution >= 4 is 33.6 Å². The Balaban J connectivity index is 1.86. The summed E-state index contributed by atoms with van der Waals surface area (Å²) >= 11 is 4.97. The van der Waals surface area contributed by atoms with Gasteiger partial charge in [0.25, 0.3) is 0 Å². The molecule has 0 aromatic heterocycles. The van der Waals surface area contributed by atoms with Crippen LogP contribution in [0.5, 0.6) is 0 Å². The van der Waals surface area contributed by atoms with Crippen LogP contribution in [0.25, 0.3) is 0 Å². The smallest absolute Gasteiger partial charge is 0.233 e. The molecule has 1 fully saturated rings. The summed E-state index contributed by atoms with van der Waals surface area (Å²) in [5.74, 6) is 0.675. The Morgan fingerprint density at radius 3 is 2.63 bits per heavy atom. The largest absolute Gasteiger partial charge is 0.351 e. The van der Waals surface area contributed by atoms with Crippen molar-refractivity contribution in [2.24, 2.45) is 11.7 Å². The van der Waals surface area contributed by atoms with Gasteiger partial charge in [-0.25, -0.2) is 0 Å². The molecule has 1 saturated carbocycles. The van der Waals surface area contributed by atoms with Crippen LogP contribution in [0.4, 0.5) is 0 Å². The number of hydrogen-bond acceptors (Lipinski definition) is 3. The van der Waals surface area contributed by atoms with Crippen molar-refractivity contribution in [1.82, 2.24) is 5.32 Å². The average Bonchev–Trinajstić information content (AvgIpc) is 3.22. The second kappa shape index (κ2) is 6.77. The highest BCUT2D eigenvalue weighted by Crippen LogP contribution is 2.32. The van der Waals surface area contributed by atoms with E-state index in [9.17, 15) is 4.79 Å². The molecule has 1 aromatic rings. The van der Waals surface area contributed by atoms with Crippen LogP contribution in [0.2, 0.25) is 0 Å². The third kappa shape index (κ3) is 4.51. The summed E-state index contributed by atoms with van der Waals surface area (Å²) in [6.45, 7) is 2.47. The molecule has 0 heterocycles. The van der Waals surface area contributed by atoms with Gasteiger partial charge in [0.1, 0.15) is 0 Å². The Labute approximate surface area is 126 Å². The molecule has 1 amide bonds. The number of carbonyl (C=O) groups is 1. The minimum Gasteiger partial charge on any atom is -0.351 e. The summed E-state index contributed by atoms with van der Waals surface area (Å²) in [4.78, 5) is 13.2. The molecule has 3 nitrogen and oxygen atoms in total. The standard InChI is InChI=1S/C14H19BrN2OS/c1-9(19-12-6-4-11(15)5-7-12)14(18)17-13(8-16)10-2-3-10/h4-7,9-10,13H,2-3,8,16H2,1H3,(H,17,18). The Morgan fingerprint density at radius 2 is 2.11 bits per heavy atom. The third-order valence-corrected chi connectivity index (χ3v) is 4.91. The Bertz CT molecular complexity index is 434. The molecule has 0 saturated heterocycles. The minimum absolute atomic E-state index is 0.0790. The van der Waals surface area contributed by atoms with Gasteiger partial charge in [-0.3, -0.25) is 4.79 Å². The first-order valence-corrected chi connectivity index (χ1v) is 8.20. The van der Waals surface area contributed by atoms with E-state index in [4.69, 9.17) is 5.73 Å². The molecule has 1 aliphatic carbocycles. The molecular weight excluding hydrogens is 324 g/mol. The fourth-order valence-electron chi connectivity index (χ4n) is 1.94. The summed E-state index contributed by atoms with van der Waals surface area (Å²) in [6, 6.07) is 8.15. The van der Waals surface area contributed by atoms with Crippen LogP contribution in [-0.2, 0) is 4.79 Å². The van der Waals surface area contributed by atoms with Crippen molar-refractivity contribution in [3.63, 3.8) is 0 Å². The van der Waals surface area contributed by atoms with E-state index in [1.807, 2.05) is 31.2 Å². The van der Waals surface area contributed by atoms with Crippen LogP contribution >= 0.6 is 27.7 Å². The van der Waals surface area contributed by atoms with Gasteiger partial charge in [-0.05, 0) is 49.9 Å². The zero-order chi connectivity index (χ0) is 13.8. The summed E-state index contributed by atoms with van der Waals surface area (Å²) in [5.41, 5.74) is 5.70. The van der Waals surface area contributed by atoms with Crippen molar-refractivity contribution in [3.8, 4) is 0 Å². The van der Waals surface area contributed by atoms with E-state index in [1.165, 1.54) is 12.8 Å². The van der Waals surface area contributed by atoms with E-state index in [0.29, 0.717) is 12.5 Å². The third-order valence-electron chi connectivity index (χ3n) is 3.27. The Morgan fingerprint density at radius 1 is 1.47 bits per heavy atom. The highest BCUT2D eigenvalue weighted by atomic mass is 79.9. The van der Waals surface area contributed by atoms with Gasteiger partial charge in [0.15, 0.2) is 0 Å². The lowest BCUT2D eigenvalue weighted by molar-refractivity contribution is -0.121. The number of nitrogens with one attached hydrogen (secondary N) is 1. The first kappa shape index (κ1) is 14.9. The second-order valence-electron chi connectivity index (χ2n) is 4.90. The van der Waals surface area contributed by atoms with Crippen LogP contribution < -0.4 is 11.1 Å². The van der Waals surface area contributed by atoms with Crippen LogP contribution in [0.15, 0.2) is 33.6 Å². The normalized spacial score (nSPS) is 17.8. The molecule has 2 unspecified atom stereocenters. The number of carbonyl (C=O) groups excluding carboxylic acids is 1. The number of halogens is 1. The first-order chi connectivity index (χ1) is 9.10. The zero-order valence-electron chi connectivity index (χ0n) is 10.9. The highest BCUT2D eigenvalue weighted by molar-refractivity contribution is 9.10. The summed E-state index contributed by atoms with van der Waals surface area (Å²) < 4.78 is 1.05. The summed E-state index contributed by atoms with van der Waals surface area (Å²) in [6.07, 6.45) is 2.38. The van der Waals surface area contributed by atoms with Crippen molar-refractivity contribution in [2.75, 3.05) is 6.54 Å². The highest BCUT2D eigenvalue weighted by Gasteiger charge is 2.32. The average molecular weight is 343 g/mol. The number of benzene rings is 1. The zero-order valence-corrected chi connectivity index (χ0v) is 13.3. The molecule has 104 valence electrons. The molecule has 0 bridgehead atoms. The van der Waals surface area contributed by atoms with Gasteiger partial charge in [0.05, 0.1) is 5.25 Å². The first-order valence-electron chi connectivity index (χ1n) is 6.53. The predicted molar refractivity (Wildman–Crippen MR) is 83.2 cm³/mol. The van der Waals surface area contributed by atoms with E-state index in [0.717, 1.165) is 9.37 Å². The van der Waals surface area contributed by atoms with E-state index in [-0.39, 0.29) is 17.2 Å². The van der Waals surface area contributed by atoms with Crippen LogP contribution in [0.3, 0.4) is 0 Å². The number of hydrogen-bond donors (Lipinski definition) is 2. The van der Waals surface area contributed by atoms with Crippen molar-refractivity contribution < 1.29 is 4.79 Å². The number of rotatable bonds is 6. The monoisotopic (exact) mass is 342 g/mol. The second-order valence-corrected chi connectivity index (χ2v) is 7.23. The van der Waals surface area contributed by atoms with Gasteiger partial charge < -0.3 is 11.1 Å². The molecule has 19 heavy (non-hydrogen) atoms. The SMILES string of the molecule is CC(Sc1ccc(Br)cc1)C(=O)NC(CN)C1CC1. The molecule has 1 aliphatic rings. The fraction of sp³-hybridized carbons (Fsp3) is 0.500. The molecule has 1 aromatic carbocycles. The quantitative estimate of drug-likeness (QED) is 0.781. The maximum atomic E-state index is 12.1. The lowest BCUT2D eigenvalue weighted by atomic mass is 10.2. The number of thioether (sulfide) groups is 1. The Kier molecular flexibility index (Phi) is 5.30. The lowest BCUT2D eigenvalue weighted by Gasteiger charge is -2.19. The number of amides is 1. The van der Waals surface area contributed by atoms with Gasteiger partial charge in [-0.15, -0.1) is 11.8 Å². The van der Waals surface area contributed by atoms with Crippen LogP contribution in [0, 0.1) is 5.92 Å². The predicted octanol–water partition coefficient (Wildman–Crippen LogP) is 2.78. The van der Waals surface area contributed by atoms with E-state index in [1.54, 1.807) is 11.8 Å². The van der Waals surface area contributed by atoms with Gasteiger partial charge in [0.2, 0.25) is 5.91 Å². The maximum Gasteiger partial charge on any atom is 0.233 e. The van der Waals surface area contributed by atoms with Crippen molar-refractivity contribution in [2.45, 2.75) is 36.0 Å². The molecule has 0 aliphatic heterocycles. The number of nitrogens with two attached hydrogens (primary N) is 1. The summed E-state index contributed by atoms with van der Waals surface area (Å²) in [7, 11) is 0. The molecule has 2 atom stereocenters. The van der Waals surface area contributed by atoms with Gasteiger partial charge >= 0.3 is 0 Å². The molecule has 0 radical (unpaired) electrons. The molecule has 0 spiro atoms. The van der Waals surface area contributed by atoms with Crippen molar-refractivity contribution in [3.05, 3.63) is 28.7 Å². The topological polar surface area (TPSA) is 55.1 Å². The van der Waals surface area contributed by atoms with E-state index < -0.39 is 0 Å².